The Hall–Kier alpha value is -1.59. The second kappa shape index (κ2) is 10.8. The average Bonchev–Trinajstić information content (AvgIpc) is 2.72. The van der Waals surface area contributed by atoms with E-state index in [9.17, 15) is 5.11 Å². The molecule has 0 spiro atoms. The highest BCUT2D eigenvalue weighted by atomic mass is 35.5. The number of piperidine rings is 1. The van der Waals surface area contributed by atoms with E-state index < -0.39 is 6.10 Å². The largest absolute Gasteiger partial charge is 0.493 e. The molecule has 0 aliphatic carbocycles. The first-order valence-electron chi connectivity index (χ1n) is 10.2. The van der Waals surface area contributed by atoms with E-state index in [1.54, 1.807) is 6.07 Å². The Bertz CT molecular complexity index is 717. The number of halogens is 1. The SMILES string of the molecule is CC(Cc1ccc(OCC2CCCNC2)cc1)NCC(O)c1cccc(Cl)c1. The summed E-state index contributed by atoms with van der Waals surface area (Å²) in [5.41, 5.74) is 2.09. The van der Waals surface area contributed by atoms with E-state index >= 15 is 0 Å². The normalized spacial score (nSPS) is 19.2. The second-order valence-electron chi connectivity index (χ2n) is 7.75. The van der Waals surface area contributed by atoms with Crippen molar-refractivity contribution in [2.45, 2.75) is 38.3 Å². The van der Waals surface area contributed by atoms with Gasteiger partial charge >= 0.3 is 0 Å². The molecule has 1 aliphatic heterocycles. The predicted molar refractivity (Wildman–Crippen MR) is 115 cm³/mol. The Kier molecular flexibility index (Phi) is 8.16. The summed E-state index contributed by atoms with van der Waals surface area (Å²) >= 11 is 5.99. The third-order valence-corrected chi connectivity index (χ3v) is 5.48. The van der Waals surface area contributed by atoms with Gasteiger partial charge in [-0.05, 0) is 68.1 Å². The van der Waals surface area contributed by atoms with Crippen LogP contribution in [-0.2, 0) is 6.42 Å². The van der Waals surface area contributed by atoms with E-state index in [0.29, 0.717) is 17.5 Å². The first kappa shape index (κ1) is 21.1. The molecule has 4 nitrogen and oxygen atoms in total. The molecule has 1 saturated heterocycles. The molecule has 1 fully saturated rings. The molecule has 3 atom stereocenters. The first-order chi connectivity index (χ1) is 13.6. The number of aliphatic hydroxyl groups excluding tert-OH is 1. The number of benzene rings is 2. The minimum absolute atomic E-state index is 0.258. The molecule has 0 amide bonds. The molecule has 3 unspecified atom stereocenters. The van der Waals surface area contributed by atoms with Crippen LogP contribution in [-0.4, -0.2) is 37.4 Å². The fourth-order valence-electron chi connectivity index (χ4n) is 3.57. The molecule has 0 aromatic heterocycles. The van der Waals surface area contributed by atoms with Gasteiger partial charge in [0.2, 0.25) is 0 Å². The van der Waals surface area contributed by atoms with Crippen LogP contribution in [0.5, 0.6) is 5.75 Å². The Labute approximate surface area is 173 Å². The van der Waals surface area contributed by atoms with Gasteiger partial charge in [0.25, 0.3) is 0 Å². The topological polar surface area (TPSA) is 53.5 Å². The van der Waals surface area contributed by atoms with Crippen LogP contribution < -0.4 is 15.4 Å². The van der Waals surface area contributed by atoms with Crippen molar-refractivity contribution in [2.24, 2.45) is 5.92 Å². The Morgan fingerprint density at radius 1 is 1.25 bits per heavy atom. The van der Waals surface area contributed by atoms with Crippen molar-refractivity contribution in [3.8, 4) is 5.75 Å². The summed E-state index contributed by atoms with van der Waals surface area (Å²) in [6.07, 6.45) is 2.82. The van der Waals surface area contributed by atoms with Crippen molar-refractivity contribution in [2.75, 3.05) is 26.2 Å². The van der Waals surface area contributed by atoms with Gasteiger partial charge in [-0.2, -0.15) is 0 Å². The van der Waals surface area contributed by atoms with Crippen molar-refractivity contribution < 1.29 is 9.84 Å². The van der Waals surface area contributed by atoms with E-state index in [1.807, 2.05) is 18.2 Å². The lowest BCUT2D eigenvalue weighted by atomic mass is 10.0. The highest BCUT2D eigenvalue weighted by Crippen LogP contribution is 2.18. The third kappa shape index (κ3) is 6.78. The van der Waals surface area contributed by atoms with Gasteiger partial charge in [-0.25, -0.2) is 0 Å². The van der Waals surface area contributed by atoms with Gasteiger partial charge in [-0.3, -0.25) is 0 Å². The molecule has 152 valence electrons. The van der Waals surface area contributed by atoms with Crippen LogP contribution in [0.4, 0.5) is 0 Å². The minimum atomic E-state index is -0.564. The molecule has 0 saturated carbocycles. The minimum Gasteiger partial charge on any atom is -0.493 e. The predicted octanol–water partition coefficient (Wildman–Crippen LogP) is 3.97. The van der Waals surface area contributed by atoms with Crippen molar-refractivity contribution in [3.63, 3.8) is 0 Å². The number of nitrogens with one attached hydrogen (secondary N) is 2. The van der Waals surface area contributed by atoms with Gasteiger partial charge in [0.1, 0.15) is 5.75 Å². The summed E-state index contributed by atoms with van der Waals surface area (Å²) in [4.78, 5) is 0. The van der Waals surface area contributed by atoms with Crippen LogP contribution in [0, 0.1) is 5.92 Å². The Balaban J connectivity index is 1.40. The number of hydrogen-bond acceptors (Lipinski definition) is 4. The molecule has 0 bridgehead atoms. The van der Waals surface area contributed by atoms with Crippen LogP contribution >= 0.6 is 11.6 Å². The van der Waals surface area contributed by atoms with Crippen LogP contribution in [0.3, 0.4) is 0 Å². The number of aliphatic hydroxyl groups is 1. The third-order valence-electron chi connectivity index (χ3n) is 5.24. The molecular formula is C23H31ClN2O2. The summed E-state index contributed by atoms with van der Waals surface area (Å²) in [7, 11) is 0. The van der Waals surface area contributed by atoms with E-state index in [1.165, 1.54) is 18.4 Å². The molecule has 2 aromatic carbocycles. The quantitative estimate of drug-likeness (QED) is 0.594. The maximum Gasteiger partial charge on any atom is 0.119 e. The molecule has 2 aromatic rings. The van der Waals surface area contributed by atoms with Crippen molar-refractivity contribution in [3.05, 3.63) is 64.7 Å². The summed E-state index contributed by atoms with van der Waals surface area (Å²) in [5, 5.41) is 17.8. The maximum atomic E-state index is 10.3. The molecule has 1 heterocycles. The van der Waals surface area contributed by atoms with Crippen molar-refractivity contribution in [1.82, 2.24) is 10.6 Å². The summed E-state index contributed by atoms with van der Waals surface area (Å²) < 4.78 is 5.94. The molecule has 3 rings (SSSR count). The zero-order chi connectivity index (χ0) is 19.8. The van der Waals surface area contributed by atoms with E-state index in [4.69, 9.17) is 16.3 Å². The van der Waals surface area contributed by atoms with Gasteiger partial charge in [-0.1, -0.05) is 35.9 Å². The van der Waals surface area contributed by atoms with Crippen LogP contribution in [0.2, 0.25) is 5.02 Å². The standard InChI is InChI=1S/C23H31ClN2O2/c1-17(26-15-23(27)20-5-2-6-21(24)13-20)12-18-7-9-22(10-8-18)28-16-19-4-3-11-25-14-19/h2,5-10,13,17,19,23,25-27H,3-4,11-12,14-16H2,1H3. The molecule has 28 heavy (non-hydrogen) atoms. The van der Waals surface area contributed by atoms with Gasteiger partial charge in [0, 0.05) is 30.1 Å². The Morgan fingerprint density at radius 2 is 2.07 bits per heavy atom. The number of rotatable bonds is 9. The van der Waals surface area contributed by atoms with E-state index in [2.05, 4.69) is 41.8 Å². The molecule has 3 N–H and O–H groups in total. The van der Waals surface area contributed by atoms with Gasteiger partial charge in [0.05, 0.1) is 12.7 Å². The number of ether oxygens (including phenoxy) is 1. The lowest BCUT2D eigenvalue weighted by molar-refractivity contribution is 0.170. The average molecular weight is 403 g/mol. The maximum absolute atomic E-state index is 10.3. The lowest BCUT2D eigenvalue weighted by Gasteiger charge is -2.22. The zero-order valence-corrected chi connectivity index (χ0v) is 17.3. The molecule has 0 radical (unpaired) electrons. The fraction of sp³-hybridized carbons (Fsp3) is 0.478. The van der Waals surface area contributed by atoms with E-state index in [0.717, 1.165) is 37.4 Å². The summed E-state index contributed by atoms with van der Waals surface area (Å²) in [5.74, 6) is 1.55. The van der Waals surface area contributed by atoms with Gasteiger partial charge in [0.15, 0.2) is 0 Å². The van der Waals surface area contributed by atoms with Gasteiger partial charge in [-0.15, -0.1) is 0 Å². The van der Waals surface area contributed by atoms with Crippen molar-refractivity contribution >= 4 is 11.6 Å². The van der Waals surface area contributed by atoms with Crippen molar-refractivity contribution in [1.29, 1.82) is 0 Å². The first-order valence-corrected chi connectivity index (χ1v) is 10.6. The van der Waals surface area contributed by atoms with Crippen LogP contribution in [0.15, 0.2) is 48.5 Å². The van der Waals surface area contributed by atoms with Gasteiger partial charge < -0.3 is 20.5 Å². The highest BCUT2D eigenvalue weighted by molar-refractivity contribution is 6.30. The monoisotopic (exact) mass is 402 g/mol. The number of hydrogen-bond donors (Lipinski definition) is 3. The summed E-state index contributed by atoms with van der Waals surface area (Å²) in [6, 6.07) is 16.0. The van der Waals surface area contributed by atoms with Crippen LogP contribution in [0.1, 0.15) is 37.0 Å². The smallest absolute Gasteiger partial charge is 0.119 e. The molecular weight excluding hydrogens is 372 g/mol. The van der Waals surface area contributed by atoms with Crippen LogP contribution in [0.25, 0.3) is 0 Å². The van der Waals surface area contributed by atoms with E-state index in [-0.39, 0.29) is 6.04 Å². The Morgan fingerprint density at radius 3 is 2.79 bits per heavy atom. The fourth-order valence-corrected chi connectivity index (χ4v) is 3.77. The highest BCUT2D eigenvalue weighted by Gasteiger charge is 2.14. The molecule has 1 aliphatic rings. The molecule has 5 heteroatoms. The second-order valence-corrected chi connectivity index (χ2v) is 8.19. The zero-order valence-electron chi connectivity index (χ0n) is 16.5. The summed E-state index contributed by atoms with van der Waals surface area (Å²) in [6.45, 7) is 5.60. The lowest BCUT2D eigenvalue weighted by Crippen LogP contribution is -2.33.